The first kappa shape index (κ1) is 29.2. The highest BCUT2D eigenvalue weighted by molar-refractivity contribution is 7.92. The molecule has 0 unspecified atom stereocenters. The number of methoxy groups -OCH3 is 1. The van der Waals surface area contributed by atoms with Crippen LogP contribution in [0.2, 0.25) is 10.0 Å². The average molecular weight is 593 g/mol. The minimum absolute atomic E-state index is 0.00900. The fourth-order valence-corrected chi connectivity index (χ4v) is 5.76. The third-order valence-corrected chi connectivity index (χ3v) is 8.34. The van der Waals surface area contributed by atoms with E-state index in [1.165, 1.54) is 42.5 Å². The molecule has 8 nitrogen and oxygen atoms in total. The molecule has 0 atom stereocenters. The highest BCUT2D eigenvalue weighted by Crippen LogP contribution is 2.30. The van der Waals surface area contributed by atoms with Crippen molar-refractivity contribution >= 4 is 44.8 Å². The Bertz CT molecular complexity index is 1380. The number of likely N-dealkylation sites (tertiary alicyclic amines) is 1. The quantitative estimate of drug-likeness (QED) is 0.273. The van der Waals surface area contributed by atoms with E-state index in [1.807, 2.05) is 0 Å². The van der Waals surface area contributed by atoms with Crippen molar-refractivity contribution in [2.24, 2.45) is 0 Å². The van der Waals surface area contributed by atoms with Crippen LogP contribution in [0.1, 0.15) is 29.6 Å². The lowest BCUT2D eigenvalue weighted by Crippen LogP contribution is -2.45. The third kappa shape index (κ3) is 8.09. The van der Waals surface area contributed by atoms with Crippen LogP contribution in [0.25, 0.3) is 0 Å². The molecule has 1 amide bonds. The van der Waals surface area contributed by atoms with Crippen LogP contribution in [0.4, 0.5) is 5.69 Å². The molecule has 0 radical (unpaired) electrons. The zero-order valence-corrected chi connectivity index (χ0v) is 23.9. The first-order valence-corrected chi connectivity index (χ1v) is 14.9. The number of ether oxygens (including phenoxy) is 2. The second-order valence-corrected chi connectivity index (χ2v) is 11.8. The van der Waals surface area contributed by atoms with Crippen molar-refractivity contribution < 1.29 is 22.7 Å². The zero-order valence-electron chi connectivity index (χ0n) is 21.5. The minimum Gasteiger partial charge on any atom is -0.456 e. The Kier molecular flexibility index (Phi) is 10.1. The number of carbonyl (C=O) groups is 1. The van der Waals surface area contributed by atoms with Crippen LogP contribution in [-0.2, 0) is 14.8 Å². The summed E-state index contributed by atoms with van der Waals surface area (Å²) >= 11 is 12.3. The van der Waals surface area contributed by atoms with Gasteiger partial charge in [-0.25, -0.2) is 8.42 Å². The number of carbonyl (C=O) groups excluding carboxylic acids is 1. The molecule has 1 fully saturated rings. The maximum atomic E-state index is 13.2. The summed E-state index contributed by atoms with van der Waals surface area (Å²) in [6.45, 7) is 3.44. The van der Waals surface area contributed by atoms with Crippen LogP contribution < -0.4 is 14.8 Å². The van der Waals surface area contributed by atoms with E-state index < -0.39 is 10.0 Å². The van der Waals surface area contributed by atoms with Crippen molar-refractivity contribution in [1.82, 2.24) is 10.2 Å². The van der Waals surface area contributed by atoms with Gasteiger partial charge < -0.3 is 19.7 Å². The molecule has 11 heteroatoms. The molecule has 208 valence electrons. The molecule has 1 aliphatic heterocycles. The van der Waals surface area contributed by atoms with Gasteiger partial charge in [0.1, 0.15) is 11.5 Å². The minimum atomic E-state index is -4.00. The molecular weight excluding hydrogens is 561 g/mol. The number of nitrogens with one attached hydrogen (secondary N) is 2. The van der Waals surface area contributed by atoms with E-state index in [-0.39, 0.29) is 28.1 Å². The topological polar surface area (TPSA) is 97.0 Å². The first-order valence-electron chi connectivity index (χ1n) is 12.6. The van der Waals surface area contributed by atoms with E-state index in [2.05, 4.69) is 14.9 Å². The number of halogens is 2. The third-order valence-electron chi connectivity index (χ3n) is 6.41. The summed E-state index contributed by atoms with van der Waals surface area (Å²) in [7, 11) is -2.31. The molecule has 0 aliphatic carbocycles. The summed E-state index contributed by atoms with van der Waals surface area (Å²) in [4.78, 5) is 15.5. The van der Waals surface area contributed by atoms with Gasteiger partial charge in [-0.05, 0) is 73.9 Å². The summed E-state index contributed by atoms with van der Waals surface area (Å²) in [5, 5.41) is 3.81. The SMILES string of the molecule is COCCCN1CCC(NC(=O)c2cc(Cl)ccc2NS(=O)(=O)c2ccc(Oc3ccccc3Cl)cc2)CC1. The zero-order chi connectivity index (χ0) is 27.8. The molecule has 3 aromatic carbocycles. The van der Waals surface area contributed by atoms with Gasteiger partial charge in [-0.3, -0.25) is 9.52 Å². The van der Waals surface area contributed by atoms with Crippen molar-refractivity contribution in [1.29, 1.82) is 0 Å². The Morgan fingerprint density at radius 1 is 1.03 bits per heavy atom. The Labute approximate surface area is 239 Å². The van der Waals surface area contributed by atoms with Gasteiger partial charge in [0.05, 0.1) is 21.2 Å². The lowest BCUT2D eigenvalue weighted by atomic mass is 10.0. The number of piperidine rings is 1. The molecule has 0 bridgehead atoms. The van der Waals surface area contributed by atoms with Gasteiger partial charge in [0, 0.05) is 44.4 Å². The maximum absolute atomic E-state index is 13.2. The molecule has 2 N–H and O–H groups in total. The van der Waals surface area contributed by atoms with Gasteiger partial charge in [-0.15, -0.1) is 0 Å². The van der Waals surface area contributed by atoms with Gasteiger partial charge >= 0.3 is 0 Å². The lowest BCUT2D eigenvalue weighted by molar-refractivity contribution is 0.0908. The molecule has 0 spiro atoms. The number of anilines is 1. The fraction of sp³-hybridized carbons (Fsp3) is 0.321. The van der Waals surface area contributed by atoms with E-state index in [4.69, 9.17) is 32.7 Å². The number of nitrogens with zero attached hydrogens (tertiary/aromatic N) is 1. The van der Waals surface area contributed by atoms with Gasteiger partial charge in [0.15, 0.2) is 0 Å². The van der Waals surface area contributed by atoms with Crippen LogP contribution in [-0.4, -0.2) is 58.6 Å². The summed E-state index contributed by atoms with van der Waals surface area (Å²) < 4.78 is 39.7. The van der Waals surface area contributed by atoms with E-state index in [0.29, 0.717) is 21.5 Å². The molecule has 4 rings (SSSR count). The lowest BCUT2D eigenvalue weighted by Gasteiger charge is -2.32. The number of rotatable bonds is 11. The van der Waals surface area contributed by atoms with Crippen LogP contribution in [0.5, 0.6) is 11.5 Å². The van der Waals surface area contributed by atoms with Crippen LogP contribution in [0.15, 0.2) is 71.6 Å². The van der Waals surface area contributed by atoms with Crippen molar-refractivity contribution in [3.63, 3.8) is 0 Å². The predicted molar refractivity (Wildman–Crippen MR) is 154 cm³/mol. The van der Waals surface area contributed by atoms with Crippen molar-refractivity contribution in [3.05, 3.63) is 82.3 Å². The van der Waals surface area contributed by atoms with Crippen LogP contribution >= 0.6 is 23.2 Å². The van der Waals surface area contributed by atoms with E-state index in [9.17, 15) is 13.2 Å². The summed E-state index contributed by atoms with van der Waals surface area (Å²) in [5.74, 6) is 0.511. The number of hydrogen-bond acceptors (Lipinski definition) is 6. The number of para-hydroxylation sites is 1. The Hall–Kier alpha value is -2.82. The molecule has 3 aromatic rings. The van der Waals surface area contributed by atoms with E-state index in [1.54, 1.807) is 31.4 Å². The standard InChI is InChI=1S/C28H31Cl2N3O5S/c1-37-18-4-15-33-16-13-21(14-17-33)31-28(34)24-19-20(29)7-12-26(24)32-39(35,36)23-10-8-22(9-11-23)38-27-6-3-2-5-25(27)30/h2-3,5-12,19,21,32H,4,13-18H2,1H3,(H,31,34). The second-order valence-electron chi connectivity index (χ2n) is 9.24. The van der Waals surface area contributed by atoms with Crippen molar-refractivity contribution in [3.8, 4) is 11.5 Å². The predicted octanol–water partition coefficient (Wildman–Crippen LogP) is 5.82. The van der Waals surface area contributed by atoms with Gasteiger partial charge in [0.25, 0.3) is 15.9 Å². The smallest absolute Gasteiger partial charge is 0.261 e. The number of amides is 1. The molecule has 1 aliphatic rings. The number of hydrogen-bond donors (Lipinski definition) is 2. The van der Waals surface area contributed by atoms with Crippen LogP contribution in [0.3, 0.4) is 0 Å². The van der Waals surface area contributed by atoms with Crippen molar-refractivity contribution in [2.75, 3.05) is 38.1 Å². The maximum Gasteiger partial charge on any atom is 0.261 e. The van der Waals surface area contributed by atoms with Gasteiger partial charge in [0.2, 0.25) is 0 Å². The molecule has 1 heterocycles. The normalized spacial score (nSPS) is 14.6. The Morgan fingerprint density at radius 2 is 1.74 bits per heavy atom. The molecule has 0 saturated carbocycles. The van der Waals surface area contributed by atoms with Crippen molar-refractivity contribution in [2.45, 2.75) is 30.2 Å². The fourth-order valence-electron chi connectivity index (χ4n) is 4.33. The van der Waals surface area contributed by atoms with E-state index >= 15 is 0 Å². The summed E-state index contributed by atoms with van der Waals surface area (Å²) in [6.07, 6.45) is 2.59. The molecule has 1 saturated heterocycles. The first-order chi connectivity index (χ1) is 18.7. The monoisotopic (exact) mass is 591 g/mol. The molecule has 0 aromatic heterocycles. The Balaban J connectivity index is 1.41. The number of benzene rings is 3. The average Bonchev–Trinajstić information content (AvgIpc) is 2.92. The summed E-state index contributed by atoms with van der Waals surface area (Å²) in [5.41, 5.74) is 0.303. The van der Waals surface area contributed by atoms with E-state index in [0.717, 1.165) is 45.5 Å². The highest BCUT2D eigenvalue weighted by atomic mass is 35.5. The summed E-state index contributed by atoms with van der Waals surface area (Å²) in [6, 6.07) is 17.4. The largest absolute Gasteiger partial charge is 0.456 e. The Morgan fingerprint density at radius 3 is 2.44 bits per heavy atom. The molecule has 39 heavy (non-hydrogen) atoms. The van der Waals surface area contributed by atoms with Gasteiger partial charge in [-0.2, -0.15) is 0 Å². The number of sulfonamides is 1. The second kappa shape index (κ2) is 13.5. The van der Waals surface area contributed by atoms with Crippen LogP contribution in [0, 0.1) is 0 Å². The highest BCUT2D eigenvalue weighted by Gasteiger charge is 2.24. The molecular formula is C28H31Cl2N3O5S. The van der Waals surface area contributed by atoms with Gasteiger partial charge in [-0.1, -0.05) is 35.3 Å².